The molecule has 0 atom stereocenters. The Bertz CT molecular complexity index is 852. The first-order valence-corrected chi connectivity index (χ1v) is 11.4. The molecule has 0 aromatic heterocycles. The van der Waals surface area contributed by atoms with Crippen LogP contribution in [0.2, 0.25) is 0 Å². The van der Waals surface area contributed by atoms with E-state index in [9.17, 15) is 18.1 Å². The normalized spacial score (nSPS) is 11.1. The van der Waals surface area contributed by atoms with Gasteiger partial charge in [0, 0.05) is 0 Å². The predicted octanol–water partition coefficient (Wildman–Crippen LogP) is 2.49. The van der Waals surface area contributed by atoms with Crippen LogP contribution in [0.25, 0.3) is 0 Å². The van der Waals surface area contributed by atoms with Crippen molar-refractivity contribution in [1.82, 2.24) is 0 Å². The number of unbranched alkanes of at least 4 members (excludes halogenated alkanes) is 7. The van der Waals surface area contributed by atoms with Crippen molar-refractivity contribution in [2.45, 2.75) is 69.6 Å². The van der Waals surface area contributed by atoms with E-state index in [1.165, 1.54) is 68.9 Å². The van der Waals surface area contributed by atoms with Crippen LogP contribution in [0.15, 0.2) is 47.4 Å². The van der Waals surface area contributed by atoms with E-state index in [0.29, 0.717) is 17.7 Å². The number of hydrogen-bond acceptors (Lipinski definition) is 4. The fourth-order valence-electron chi connectivity index (χ4n) is 3.14. The summed E-state index contributed by atoms with van der Waals surface area (Å²) in [5.41, 5.74) is 0.660. The standard InChI is InChI=1S/C22H30O5S.K/c1-2-3-4-5-6-7-8-9-12-18-17-19(15-16-20(18)23)27-21-13-10-11-14-22(21)28(24,25)26;/h10-11,13-17,23H,2-9,12H2,1H3,(H,24,25,26);/q;+1/p-1. The minimum Gasteiger partial charge on any atom is -0.872 e. The van der Waals surface area contributed by atoms with E-state index in [4.69, 9.17) is 4.74 Å². The zero-order valence-corrected chi connectivity index (χ0v) is 21.3. The second-order valence-electron chi connectivity index (χ2n) is 7.02. The molecule has 0 heterocycles. The van der Waals surface area contributed by atoms with Crippen molar-refractivity contribution in [3.05, 3.63) is 48.0 Å². The fraction of sp³-hybridized carbons (Fsp3) is 0.455. The van der Waals surface area contributed by atoms with Crippen molar-refractivity contribution in [1.29, 1.82) is 0 Å². The predicted molar refractivity (Wildman–Crippen MR) is 109 cm³/mol. The van der Waals surface area contributed by atoms with Gasteiger partial charge in [0.1, 0.15) is 16.4 Å². The van der Waals surface area contributed by atoms with Gasteiger partial charge in [0.15, 0.2) is 0 Å². The third-order valence-corrected chi connectivity index (χ3v) is 5.58. The number of rotatable bonds is 12. The number of ether oxygens (including phenoxy) is 1. The zero-order chi connectivity index (χ0) is 20.4. The zero-order valence-electron chi connectivity index (χ0n) is 17.4. The first kappa shape index (κ1) is 26.6. The maximum absolute atomic E-state index is 12.1. The summed E-state index contributed by atoms with van der Waals surface area (Å²) in [4.78, 5) is -0.300. The molecule has 0 aliphatic carbocycles. The van der Waals surface area contributed by atoms with Crippen LogP contribution in [-0.2, 0) is 16.5 Å². The van der Waals surface area contributed by atoms with Crippen LogP contribution in [0.5, 0.6) is 17.2 Å². The van der Waals surface area contributed by atoms with Gasteiger partial charge in [-0.05, 0) is 37.1 Å². The molecular formula is C22H29KO5S. The number of aryl methyl sites for hydroxylation is 1. The Morgan fingerprint density at radius 1 is 0.931 bits per heavy atom. The largest absolute Gasteiger partial charge is 1.00 e. The molecule has 29 heavy (non-hydrogen) atoms. The van der Waals surface area contributed by atoms with Gasteiger partial charge in [0.2, 0.25) is 0 Å². The number of hydrogen-bond donors (Lipinski definition) is 1. The average Bonchev–Trinajstić information content (AvgIpc) is 2.66. The van der Waals surface area contributed by atoms with E-state index < -0.39 is 10.1 Å². The van der Waals surface area contributed by atoms with Crippen LogP contribution in [-0.4, -0.2) is 13.0 Å². The van der Waals surface area contributed by atoms with Gasteiger partial charge >= 0.3 is 51.4 Å². The molecule has 0 spiro atoms. The topological polar surface area (TPSA) is 86.7 Å². The second-order valence-corrected chi connectivity index (χ2v) is 8.41. The Balaban J connectivity index is 0.00000420. The van der Waals surface area contributed by atoms with E-state index in [-0.39, 0.29) is 67.8 Å². The molecule has 0 fully saturated rings. The summed E-state index contributed by atoms with van der Waals surface area (Å²) in [6, 6.07) is 10.5. The Morgan fingerprint density at radius 2 is 1.55 bits per heavy atom. The van der Waals surface area contributed by atoms with Crippen molar-refractivity contribution < 1.29 is 74.2 Å². The molecule has 0 unspecified atom stereocenters. The monoisotopic (exact) mass is 444 g/mol. The summed E-state index contributed by atoms with van der Waals surface area (Å²) in [6.45, 7) is 2.21. The third-order valence-electron chi connectivity index (χ3n) is 4.69. The Labute approximate surface area is 217 Å². The second kappa shape index (κ2) is 13.8. The van der Waals surface area contributed by atoms with Crippen LogP contribution in [0.3, 0.4) is 0 Å². The van der Waals surface area contributed by atoms with E-state index in [1.54, 1.807) is 12.1 Å². The van der Waals surface area contributed by atoms with Gasteiger partial charge in [-0.25, -0.2) is 0 Å². The van der Waals surface area contributed by atoms with E-state index in [1.807, 2.05) is 0 Å². The van der Waals surface area contributed by atoms with Crippen LogP contribution in [0.1, 0.15) is 63.9 Å². The SMILES string of the molecule is CCCCCCCCCCc1cc(Oc2ccccc2S(=O)(=O)O)ccc1[O-].[K+]. The van der Waals surface area contributed by atoms with Crippen LogP contribution in [0.4, 0.5) is 0 Å². The van der Waals surface area contributed by atoms with Crippen LogP contribution >= 0.6 is 0 Å². The molecule has 0 aliphatic rings. The van der Waals surface area contributed by atoms with Crippen LogP contribution < -0.4 is 61.2 Å². The number of para-hydroxylation sites is 1. The Kier molecular flexibility index (Phi) is 12.7. The quantitative estimate of drug-likeness (QED) is 0.309. The van der Waals surface area contributed by atoms with Crippen molar-refractivity contribution in [3.63, 3.8) is 0 Å². The van der Waals surface area contributed by atoms with Gasteiger partial charge in [0.05, 0.1) is 0 Å². The minimum atomic E-state index is -4.39. The van der Waals surface area contributed by atoms with Crippen molar-refractivity contribution in [2.75, 3.05) is 0 Å². The summed E-state index contributed by atoms with van der Waals surface area (Å²) in [7, 11) is -4.39. The van der Waals surface area contributed by atoms with Crippen LogP contribution in [0, 0.1) is 0 Å². The smallest absolute Gasteiger partial charge is 0.872 e. The molecule has 2 aromatic carbocycles. The van der Waals surface area contributed by atoms with Gasteiger partial charge in [-0.1, -0.05) is 75.6 Å². The van der Waals surface area contributed by atoms with Crippen molar-refractivity contribution >= 4 is 10.1 Å². The molecule has 2 rings (SSSR count). The van der Waals surface area contributed by atoms with Gasteiger partial charge in [-0.2, -0.15) is 8.42 Å². The first-order valence-electron chi connectivity index (χ1n) is 9.96. The summed E-state index contributed by atoms with van der Waals surface area (Å²) < 4.78 is 37.9. The molecular weight excluding hydrogens is 415 g/mol. The molecule has 5 nitrogen and oxygen atoms in total. The van der Waals surface area contributed by atoms with E-state index in [2.05, 4.69) is 6.92 Å². The molecule has 0 saturated heterocycles. The van der Waals surface area contributed by atoms with Crippen molar-refractivity contribution in [2.24, 2.45) is 0 Å². The molecule has 0 aliphatic heterocycles. The molecule has 0 amide bonds. The Hall–Kier alpha value is -0.414. The molecule has 1 N–H and O–H groups in total. The molecule has 0 saturated carbocycles. The van der Waals surface area contributed by atoms with E-state index in [0.717, 1.165) is 12.8 Å². The van der Waals surface area contributed by atoms with Gasteiger partial charge in [-0.3, -0.25) is 4.55 Å². The molecule has 0 radical (unpaired) electrons. The Morgan fingerprint density at radius 3 is 2.21 bits per heavy atom. The average molecular weight is 445 g/mol. The first-order chi connectivity index (χ1) is 13.4. The molecule has 154 valence electrons. The fourth-order valence-corrected chi connectivity index (χ4v) is 3.75. The maximum Gasteiger partial charge on any atom is 1.00 e. The molecule has 0 bridgehead atoms. The summed E-state index contributed by atoms with van der Waals surface area (Å²) in [5.74, 6) is 0.366. The molecule has 7 heteroatoms. The minimum absolute atomic E-state index is 0. The third kappa shape index (κ3) is 9.51. The summed E-state index contributed by atoms with van der Waals surface area (Å²) in [5, 5.41) is 12.1. The number of benzene rings is 2. The van der Waals surface area contributed by atoms with Crippen molar-refractivity contribution in [3.8, 4) is 17.2 Å². The van der Waals surface area contributed by atoms with Gasteiger partial charge in [0.25, 0.3) is 10.1 Å². The van der Waals surface area contributed by atoms with E-state index >= 15 is 0 Å². The molecule has 2 aromatic rings. The van der Waals surface area contributed by atoms with Gasteiger partial charge in [-0.15, -0.1) is 5.75 Å². The summed E-state index contributed by atoms with van der Waals surface area (Å²) in [6.07, 6.45) is 10.2. The van der Waals surface area contributed by atoms with Gasteiger partial charge < -0.3 is 9.84 Å². The summed E-state index contributed by atoms with van der Waals surface area (Å²) >= 11 is 0. The maximum atomic E-state index is 12.1.